The Labute approximate surface area is 112 Å². The minimum absolute atomic E-state index is 0.0684. The van der Waals surface area contributed by atoms with Gasteiger partial charge in [0.1, 0.15) is 0 Å². The lowest BCUT2D eigenvalue weighted by Crippen LogP contribution is -2.07. The summed E-state index contributed by atoms with van der Waals surface area (Å²) in [6.45, 7) is 1.89. The summed E-state index contributed by atoms with van der Waals surface area (Å²) in [5, 5.41) is 19.6. The van der Waals surface area contributed by atoms with Gasteiger partial charge >= 0.3 is 11.9 Å². The molecule has 8 heteroatoms. The first-order chi connectivity index (χ1) is 8.95. The van der Waals surface area contributed by atoms with Crippen LogP contribution >= 0.6 is 11.8 Å². The van der Waals surface area contributed by atoms with Gasteiger partial charge in [-0.3, -0.25) is 14.9 Å². The third kappa shape index (κ3) is 4.25. The van der Waals surface area contributed by atoms with Crippen LogP contribution in [0.15, 0.2) is 23.1 Å². The van der Waals surface area contributed by atoms with E-state index in [1.54, 1.807) is 6.92 Å². The highest BCUT2D eigenvalue weighted by atomic mass is 32.2. The summed E-state index contributed by atoms with van der Waals surface area (Å²) >= 11 is 0.935. The number of hydrogen-bond acceptors (Lipinski definition) is 6. The Kier molecular flexibility index (Phi) is 5.31. The Morgan fingerprint density at radius 2 is 2.16 bits per heavy atom. The number of hydrogen-bond donors (Lipinski definition) is 1. The van der Waals surface area contributed by atoms with Crippen molar-refractivity contribution in [1.82, 2.24) is 0 Å². The molecule has 0 saturated carbocycles. The Hall–Kier alpha value is -2.09. The number of ether oxygens (including phenoxy) is 1. The Morgan fingerprint density at radius 1 is 1.47 bits per heavy atom. The van der Waals surface area contributed by atoms with Crippen LogP contribution in [0.1, 0.15) is 17.3 Å². The van der Waals surface area contributed by atoms with E-state index in [2.05, 4.69) is 0 Å². The highest BCUT2D eigenvalue weighted by Crippen LogP contribution is 2.30. The molecule has 0 radical (unpaired) electrons. The number of nitro benzene ring substituents is 1. The predicted molar refractivity (Wildman–Crippen MR) is 67.4 cm³/mol. The molecule has 0 aliphatic heterocycles. The summed E-state index contributed by atoms with van der Waals surface area (Å²) in [6.07, 6.45) is 0. The fourth-order valence-corrected chi connectivity index (χ4v) is 2.06. The van der Waals surface area contributed by atoms with Gasteiger partial charge in [-0.25, -0.2) is 4.79 Å². The number of carboxylic acids is 1. The van der Waals surface area contributed by atoms with Gasteiger partial charge in [0.05, 0.1) is 27.7 Å². The van der Waals surface area contributed by atoms with Crippen molar-refractivity contribution in [3.05, 3.63) is 33.9 Å². The zero-order valence-corrected chi connectivity index (χ0v) is 10.8. The van der Waals surface area contributed by atoms with Crippen molar-refractivity contribution in [3.63, 3.8) is 0 Å². The Balaban J connectivity index is 2.91. The number of carbonyl (C=O) groups is 2. The predicted octanol–water partition coefficient (Wildman–Crippen LogP) is 1.95. The first-order valence-corrected chi connectivity index (χ1v) is 6.24. The molecule has 0 fully saturated rings. The average molecular weight is 285 g/mol. The average Bonchev–Trinajstić information content (AvgIpc) is 2.36. The van der Waals surface area contributed by atoms with Crippen molar-refractivity contribution in [2.75, 3.05) is 12.4 Å². The Bertz CT molecular complexity index is 516. The van der Waals surface area contributed by atoms with Crippen LogP contribution in [0.2, 0.25) is 0 Å². The number of nitro groups is 1. The molecule has 0 saturated heterocycles. The lowest BCUT2D eigenvalue weighted by molar-refractivity contribution is -0.387. The van der Waals surface area contributed by atoms with Crippen molar-refractivity contribution in [2.24, 2.45) is 0 Å². The highest BCUT2D eigenvalue weighted by Gasteiger charge is 2.18. The van der Waals surface area contributed by atoms with Crippen molar-refractivity contribution >= 4 is 29.4 Å². The van der Waals surface area contributed by atoms with E-state index in [0.29, 0.717) is 0 Å². The van der Waals surface area contributed by atoms with Gasteiger partial charge in [-0.2, -0.15) is 0 Å². The standard InChI is InChI=1S/C11H11NO6S/c1-2-18-10(13)6-19-9-4-3-7(11(14)15)5-8(9)12(16)17/h3-5H,2,6H2,1H3,(H,14,15). The first kappa shape index (κ1) is 15.0. The van der Waals surface area contributed by atoms with E-state index >= 15 is 0 Å². The van der Waals surface area contributed by atoms with Crippen LogP contribution in [0.4, 0.5) is 5.69 Å². The molecule has 0 atom stereocenters. The van der Waals surface area contributed by atoms with E-state index in [1.165, 1.54) is 12.1 Å². The van der Waals surface area contributed by atoms with Crippen molar-refractivity contribution in [2.45, 2.75) is 11.8 Å². The van der Waals surface area contributed by atoms with E-state index in [0.717, 1.165) is 17.8 Å². The first-order valence-electron chi connectivity index (χ1n) is 5.25. The number of carbonyl (C=O) groups excluding carboxylic acids is 1. The van der Waals surface area contributed by atoms with Crippen molar-refractivity contribution in [1.29, 1.82) is 0 Å². The molecule has 0 spiro atoms. The second kappa shape index (κ2) is 6.74. The van der Waals surface area contributed by atoms with Crippen LogP contribution < -0.4 is 0 Å². The van der Waals surface area contributed by atoms with E-state index in [-0.39, 0.29) is 28.5 Å². The maximum Gasteiger partial charge on any atom is 0.335 e. The summed E-state index contributed by atoms with van der Waals surface area (Å²) < 4.78 is 4.70. The van der Waals surface area contributed by atoms with Crippen LogP contribution in [0.3, 0.4) is 0 Å². The maximum absolute atomic E-state index is 11.2. The lowest BCUT2D eigenvalue weighted by Gasteiger charge is -2.04. The third-order valence-electron chi connectivity index (χ3n) is 2.05. The molecule has 1 rings (SSSR count). The van der Waals surface area contributed by atoms with Gasteiger partial charge in [-0.15, -0.1) is 11.8 Å². The zero-order chi connectivity index (χ0) is 14.4. The summed E-state index contributed by atoms with van der Waals surface area (Å²) in [7, 11) is 0. The second-order valence-electron chi connectivity index (χ2n) is 3.34. The number of rotatable bonds is 6. The van der Waals surface area contributed by atoms with Crippen LogP contribution in [-0.2, 0) is 9.53 Å². The van der Waals surface area contributed by atoms with Gasteiger partial charge in [-0.1, -0.05) is 0 Å². The van der Waals surface area contributed by atoms with Crippen LogP contribution in [-0.4, -0.2) is 34.3 Å². The molecule has 102 valence electrons. The highest BCUT2D eigenvalue weighted by molar-refractivity contribution is 8.00. The fourth-order valence-electron chi connectivity index (χ4n) is 1.25. The second-order valence-corrected chi connectivity index (χ2v) is 4.36. The van der Waals surface area contributed by atoms with Crippen molar-refractivity contribution < 1.29 is 24.4 Å². The van der Waals surface area contributed by atoms with Gasteiger partial charge in [0, 0.05) is 6.07 Å². The van der Waals surface area contributed by atoms with Gasteiger partial charge in [0.2, 0.25) is 0 Å². The molecular weight excluding hydrogens is 274 g/mol. The smallest absolute Gasteiger partial charge is 0.335 e. The minimum Gasteiger partial charge on any atom is -0.478 e. The van der Waals surface area contributed by atoms with Crippen LogP contribution in [0.5, 0.6) is 0 Å². The third-order valence-corrected chi connectivity index (χ3v) is 3.09. The molecule has 0 unspecified atom stereocenters. The summed E-state index contributed by atoms with van der Waals surface area (Å²) in [6, 6.07) is 3.53. The molecule has 7 nitrogen and oxygen atoms in total. The summed E-state index contributed by atoms with van der Waals surface area (Å²) in [5.41, 5.74) is -0.513. The molecule has 0 aromatic heterocycles. The molecule has 0 aliphatic rings. The van der Waals surface area contributed by atoms with E-state index < -0.39 is 16.9 Å². The molecule has 19 heavy (non-hydrogen) atoms. The lowest BCUT2D eigenvalue weighted by atomic mass is 10.2. The Morgan fingerprint density at radius 3 is 2.68 bits per heavy atom. The largest absolute Gasteiger partial charge is 0.478 e. The fraction of sp³-hybridized carbons (Fsp3) is 0.273. The molecule has 1 N–H and O–H groups in total. The van der Waals surface area contributed by atoms with E-state index in [4.69, 9.17) is 9.84 Å². The number of aromatic carboxylic acids is 1. The quantitative estimate of drug-likeness (QED) is 0.368. The number of carboxylic acid groups (broad SMARTS) is 1. The van der Waals surface area contributed by atoms with Gasteiger partial charge in [0.15, 0.2) is 0 Å². The normalized spacial score (nSPS) is 9.95. The molecule has 0 heterocycles. The van der Waals surface area contributed by atoms with Crippen molar-refractivity contribution in [3.8, 4) is 0 Å². The molecular formula is C11H11NO6S. The number of benzene rings is 1. The maximum atomic E-state index is 11.2. The zero-order valence-electron chi connectivity index (χ0n) is 9.99. The number of nitrogens with zero attached hydrogens (tertiary/aromatic N) is 1. The summed E-state index contributed by atoms with van der Waals surface area (Å²) in [4.78, 5) is 32.3. The topological polar surface area (TPSA) is 107 Å². The van der Waals surface area contributed by atoms with E-state index in [1.807, 2.05) is 0 Å². The van der Waals surface area contributed by atoms with Crippen LogP contribution in [0.25, 0.3) is 0 Å². The van der Waals surface area contributed by atoms with Gasteiger partial charge in [-0.05, 0) is 19.1 Å². The SMILES string of the molecule is CCOC(=O)CSc1ccc(C(=O)O)cc1[N+](=O)[O-]. The molecule has 0 bridgehead atoms. The summed E-state index contributed by atoms with van der Waals surface area (Å²) in [5.74, 6) is -1.80. The van der Waals surface area contributed by atoms with Gasteiger partial charge in [0.25, 0.3) is 5.69 Å². The molecule has 0 amide bonds. The van der Waals surface area contributed by atoms with Crippen LogP contribution in [0, 0.1) is 10.1 Å². The van der Waals surface area contributed by atoms with E-state index in [9.17, 15) is 19.7 Å². The van der Waals surface area contributed by atoms with Gasteiger partial charge < -0.3 is 9.84 Å². The molecule has 1 aromatic rings. The minimum atomic E-state index is -1.25. The monoisotopic (exact) mass is 285 g/mol. The molecule has 1 aromatic carbocycles. The number of esters is 1. The molecule has 0 aliphatic carbocycles. The number of thioether (sulfide) groups is 1.